The van der Waals surface area contributed by atoms with Gasteiger partial charge in [-0.05, 0) is 87.1 Å². The average Bonchev–Trinajstić information content (AvgIpc) is 2.72. The van der Waals surface area contributed by atoms with Gasteiger partial charge in [-0.15, -0.1) is 0 Å². The first-order valence-electron chi connectivity index (χ1n) is 10.7. The summed E-state index contributed by atoms with van der Waals surface area (Å²) in [4.78, 5) is 15.2. The van der Waals surface area contributed by atoms with E-state index in [0.29, 0.717) is 17.4 Å². The maximum absolute atomic E-state index is 12.7. The molecule has 0 saturated carbocycles. The zero-order valence-electron chi connectivity index (χ0n) is 19.2. The summed E-state index contributed by atoms with van der Waals surface area (Å²) in [5.74, 6) is 0.608. The molecule has 0 bridgehead atoms. The maximum Gasteiger partial charge on any atom is 0.266 e. The standard InChI is InChI=1S/C26H31N3O2/c1-7-29-24-11-17(2)19(13-23(24)18(3)15-26(29,4)5)12-20(16-27)25(30)28-21-9-8-10-22(14-21)31-6/h8-14,18H,7,15H2,1-6H3,(H,28,30)/b20-12-/t18-/m1/s1. The Labute approximate surface area is 185 Å². The molecule has 2 aromatic carbocycles. The maximum atomic E-state index is 12.7. The van der Waals surface area contributed by atoms with Crippen molar-refractivity contribution in [2.75, 3.05) is 23.9 Å². The van der Waals surface area contributed by atoms with Crippen molar-refractivity contribution in [2.45, 2.75) is 52.5 Å². The van der Waals surface area contributed by atoms with Crippen molar-refractivity contribution < 1.29 is 9.53 Å². The normalized spacial score (nSPS) is 17.5. The van der Waals surface area contributed by atoms with E-state index in [0.717, 1.165) is 24.1 Å². The number of nitrogens with zero attached hydrogens (tertiary/aromatic N) is 2. The molecule has 2 aromatic rings. The van der Waals surface area contributed by atoms with Crippen molar-refractivity contribution in [3.8, 4) is 11.8 Å². The molecular formula is C26H31N3O2. The Bertz CT molecular complexity index is 1060. The molecule has 162 valence electrons. The Morgan fingerprint density at radius 3 is 2.74 bits per heavy atom. The summed E-state index contributed by atoms with van der Waals surface area (Å²) in [6.07, 6.45) is 2.75. The van der Waals surface area contributed by atoms with E-state index >= 15 is 0 Å². The summed E-state index contributed by atoms with van der Waals surface area (Å²) in [5.41, 5.74) is 5.22. The minimum absolute atomic E-state index is 0.0713. The molecule has 0 fully saturated rings. The first kappa shape index (κ1) is 22.4. The molecule has 5 heteroatoms. The van der Waals surface area contributed by atoms with Crippen molar-refractivity contribution in [1.29, 1.82) is 5.26 Å². The summed E-state index contributed by atoms with van der Waals surface area (Å²) < 4.78 is 5.20. The molecule has 1 aliphatic heterocycles. The van der Waals surface area contributed by atoms with Crippen LogP contribution in [0.15, 0.2) is 42.0 Å². The minimum Gasteiger partial charge on any atom is -0.497 e. The fraction of sp³-hybridized carbons (Fsp3) is 0.385. The number of hydrogen-bond acceptors (Lipinski definition) is 4. The third kappa shape index (κ3) is 4.59. The number of amides is 1. The molecular weight excluding hydrogens is 386 g/mol. The second kappa shape index (κ2) is 8.85. The minimum atomic E-state index is -0.433. The zero-order chi connectivity index (χ0) is 22.8. The van der Waals surface area contributed by atoms with Gasteiger partial charge in [0.2, 0.25) is 0 Å². The molecule has 0 aliphatic carbocycles. The predicted molar refractivity (Wildman–Crippen MR) is 127 cm³/mol. The van der Waals surface area contributed by atoms with Gasteiger partial charge in [0.1, 0.15) is 17.4 Å². The molecule has 1 atom stereocenters. The second-order valence-corrected chi connectivity index (χ2v) is 8.79. The predicted octanol–water partition coefficient (Wildman–Crippen LogP) is 5.66. The average molecular weight is 418 g/mol. The zero-order valence-corrected chi connectivity index (χ0v) is 19.2. The van der Waals surface area contributed by atoms with Crippen molar-refractivity contribution in [1.82, 2.24) is 0 Å². The fourth-order valence-electron chi connectivity index (χ4n) is 4.61. The largest absolute Gasteiger partial charge is 0.497 e. The highest BCUT2D eigenvalue weighted by molar-refractivity contribution is 6.09. The van der Waals surface area contributed by atoms with Crippen molar-refractivity contribution in [2.24, 2.45) is 0 Å². The van der Waals surface area contributed by atoms with Gasteiger partial charge in [-0.25, -0.2) is 0 Å². The monoisotopic (exact) mass is 417 g/mol. The highest BCUT2D eigenvalue weighted by Crippen LogP contribution is 2.44. The topological polar surface area (TPSA) is 65.4 Å². The van der Waals surface area contributed by atoms with Crippen LogP contribution in [-0.4, -0.2) is 25.1 Å². The van der Waals surface area contributed by atoms with Gasteiger partial charge in [-0.1, -0.05) is 13.0 Å². The molecule has 0 aromatic heterocycles. The van der Waals surface area contributed by atoms with Gasteiger partial charge in [-0.2, -0.15) is 5.26 Å². The third-order valence-corrected chi connectivity index (χ3v) is 6.08. The van der Waals surface area contributed by atoms with Crippen molar-refractivity contribution in [3.63, 3.8) is 0 Å². The number of anilines is 2. The van der Waals surface area contributed by atoms with Crippen LogP contribution in [-0.2, 0) is 4.79 Å². The Hall–Kier alpha value is -3.26. The molecule has 5 nitrogen and oxygen atoms in total. The molecule has 1 heterocycles. The molecule has 1 aliphatic rings. The van der Waals surface area contributed by atoms with Gasteiger partial charge in [-0.3, -0.25) is 4.79 Å². The van der Waals surface area contributed by atoms with E-state index in [9.17, 15) is 10.1 Å². The number of methoxy groups -OCH3 is 1. The summed E-state index contributed by atoms with van der Waals surface area (Å²) >= 11 is 0. The summed E-state index contributed by atoms with van der Waals surface area (Å²) in [6, 6.07) is 13.5. The van der Waals surface area contributed by atoms with E-state index in [2.05, 4.69) is 56.1 Å². The van der Waals surface area contributed by atoms with E-state index in [-0.39, 0.29) is 11.1 Å². The smallest absolute Gasteiger partial charge is 0.266 e. The van der Waals surface area contributed by atoms with Gasteiger partial charge >= 0.3 is 0 Å². The molecule has 31 heavy (non-hydrogen) atoms. The number of carbonyl (C=O) groups excluding carboxylic acids is 1. The molecule has 0 spiro atoms. The quantitative estimate of drug-likeness (QED) is 0.503. The van der Waals surface area contributed by atoms with Crippen LogP contribution in [0.4, 0.5) is 11.4 Å². The fourth-order valence-corrected chi connectivity index (χ4v) is 4.61. The first-order chi connectivity index (χ1) is 14.7. The molecule has 0 unspecified atom stereocenters. The van der Waals surface area contributed by atoms with Crippen LogP contribution in [0.3, 0.4) is 0 Å². The van der Waals surface area contributed by atoms with Crippen LogP contribution >= 0.6 is 0 Å². The number of ether oxygens (including phenoxy) is 1. The van der Waals surface area contributed by atoms with E-state index in [1.807, 2.05) is 6.92 Å². The van der Waals surface area contributed by atoms with Crippen LogP contribution < -0.4 is 15.0 Å². The molecule has 1 N–H and O–H groups in total. The highest BCUT2D eigenvalue weighted by Gasteiger charge is 2.35. The van der Waals surface area contributed by atoms with Crippen LogP contribution in [0.1, 0.15) is 56.7 Å². The lowest BCUT2D eigenvalue weighted by atomic mass is 9.79. The van der Waals surface area contributed by atoms with Gasteiger partial charge in [0, 0.05) is 29.5 Å². The third-order valence-electron chi connectivity index (χ3n) is 6.08. The Morgan fingerprint density at radius 1 is 1.35 bits per heavy atom. The lowest BCUT2D eigenvalue weighted by molar-refractivity contribution is -0.112. The Morgan fingerprint density at radius 2 is 2.10 bits per heavy atom. The van der Waals surface area contributed by atoms with Crippen molar-refractivity contribution in [3.05, 3.63) is 58.7 Å². The Balaban J connectivity index is 1.95. The van der Waals surface area contributed by atoms with E-state index in [1.165, 1.54) is 11.3 Å². The number of benzene rings is 2. The second-order valence-electron chi connectivity index (χ2n) is 8.79. The summed E-state index contributed by atoms with van der Waals surface area (Å²) in [5, 5.41) is 12.4. The highest BCUT2D eigenvalue weighted by atomic mass is 16.5. The van der Waals surface area contributed by atoms with Crippen LogP contribution in [0, 0.1) is 18.3 Å². The van der Waals surface area contributed by atoms with Gasteiger partial charge in [0.25, 0.3) is 5.91 Å². The van der Waals surface area contributed by atoms with E-state index < -0.39 is 5.91 Å². The van der Waals surface area contributed by atoms with E-state index in [4.69, 9.17) is 4.74 Å². The number of nitriles is 1. The lowest BCUT2D eigenvalue weighted by Crippen LogP contribution is -2.48. The number of rotatable bonds is 5. The number of carbonyl (C=O) groups is 1. The summed E-state index contributed by atoms with van der Waals surface area (Å²) in [7, 11) is 1.57. The van der Waals surface area contributed by atoms with Crippen LogP contribution in [0.25, 0.3) is 6.08 Å². The summed E-state index contributed by atoms with van der Waals surface area (Å²) in [6.45, 7) is 12.0. The van der Waals surface area contributed by atoms with Gasteiger partial charge in [0.15, 0.2) is 0 Å². The number of aryl methyl sites for hydroxylation is 1. The van der Waals surface area contributed by atoms with Gasteiger partial charge in [0.05, 0.1) is 7.11 Å². The van der Waals surface area contributed by atoms with Crippen LogP contribution in [0.5, 0.6) is 5.75 Å². The molecule has 0 radical (unpaired) electrons. The van der Waals surface area contributed by atoms with Gasteiger partial charge < -0.3 is 15.0 Å². The van der Waals surface area contributed by atoms with Crippen LogP contribution in [0.2, 0.25) is 0 Å². The Kier molecular flexibility index (Phi) is 6.40. The first-order valence-corrected chi connectivity index (χ1v) is 10.7. The van der Waals surface area contributed by atoms with E-state index in [1.54, 1.807) is 37.5 Å². The molecule has 3 rings (SSSR count). The van der Waals surface area contributed by atoms with Crippen molar-refractivity contribution >= 4 is 23.4 Å². The number of fused-ring (bicyclic) bond motifs is 1. The molecule has 1 amide bonds. The lowest BCUT2D eigenvalue weighted by Gasteiger charge is -2.47. The molecule has 0 saturated heterocycles. The SMILES string of the molecule is CCN1c2cc(C)c(/C=C(/C#N)C(=O)Nc3cccc(OC)c3)cc2[C@H](C)CC1(C)C. The number of nitrogens with one attached hydrogen (secondary N) is 1. The number of hydrogen-bond donors (Lipinski definition) is 1.